The number of nitrogens with zero attached hydrogens (tertiary/aromatic N) is 2. The molecule has 2 heterocycles. The Morgan fingerprint density at radius 2 is 1.78 bits per heavy atom. The van der Waals surface area contributed by atoms with E-state index in [-0.39, 0.29) is 22.3 Å². The Balaban J connectivity index is 1.42. The van der Waals surface area contributed by atoms with Crippen molar-refractivity contribution in [1.82, 2.24) is 9.29 Å². The minimum atomic E-state index is -3.65. The Morgan fingerprint density at radius 1 is 1.07 bits per heavy atom. The molecular weight excluding hydrogens is 394 g/mol. The molecule has 0 aliphatic carbocycles. The standard InChI is InChI=1S/C18H16F2N2O3S2/c19-12-4-6-14(7-5-12)27(23,24)22-10-8-13(9-11-22)25-18-21-17-15(20)2-1-3-16(17)26-18/h1-7,13H,8-11H2. The molecule has 0 spiro atoms. The van der Waals surface area contributed by atoms with Gasteiger partial charge in [0.05, 0.1) is 9.60 Å². The van der Waals surface area contributed by atoms with Crippen molar-refractivity contribution in [2.75, 3.05) is 13.1 Å². The maximum Gasteiger partial charge on any atom is 0.274 e. The van der Waals surface area contributed by atoms with E-state index in [1.54, 1.807) is 12.1 Å². The van der Waals surface area contributed by atoms with Crippen LogP contribution in [-0.4, -0.2) is 36.9 Å². The third kappa shape index (κ3) is 3.67. The lowest BCUT2D eigenvalue weighted by atomic mass is 10.1. The van der Waals surface area contributed by atoms with Gasteiger partial charge in [0.2, 0.25) is 10.0 Å². The Morgan fingerprint density at radius 3 is 2.44 bits per heavy atom. The second-order valence-corrected chi connectivity index (χ2v) is 9.17. The van der Waals surface area contributed by atoms with Crippen molar-refractivity contribution in [3.05, 3.63) is 54.1 Å². The molecule has 0 saturated carbocycles. The van der Waals surface area contributed by atoms with Crippen molar-refractivity contribution in [3.63, 3.8) is 0 Å². The van der Waals surface area contributed by atoms with Gasteiger partial charge in [0, 0.05) is 13.1 Å². The first kappa shape index (κ1) is 18.3. The number of ether oxygens (including phenoxy) is 1. The van der Waals surface area contributed by atoms with Crippen LogP contribution in [0.1, 0.15) is 12.8 Å². The lowest BCUT2D eigenvalue weighted by molar-refractivity contribution is 0.135. The maximum absolute atomic E-state index is 13.7. The Bertz CT molecular complexity index is 1060. The molecule has 1 aliphatic heterocycles. The fourth-order valence-corrected chi connectivity index (χ4v) is 5.40. The zero-order chi connectivity index (χ0) is 19.0. The molecule has 0 unspecified atom stereocenters. The summed E-state index contributed by atoms with van der Waals surface area (Å²) in [5.74, 6) is -0.868. The van der Waals surface area contributed by atoms with Crippen molar-refractivity contribution in [1.29, 1.82) is 0 Å². The summed E-state index contributed by atoms with van der Waals surface area (Å²) in [6, 6.07) is 9.56. The largest absolute Gasteiger partial charge is 0.467 e. The Hall–Kier alpha value is -2.10. The fourth-order valence-electron chi connectivity index (χ4n) is 3.03. The number of rotatable bonds is 4. The summed E-state index contributed by atoms with van der Waals surface area (Å²) in [6.07, 6.45) is 0.811. The minimum Gasteiger partial charge on any atom is -0.467 e. The smallest absolute Gasteiger partial charge is 0.274 e. The summed E-state index contributed by atoms with van der Waals surface area (Å²) in [7, 11) is -3.65. The lowest BCUT2D eigenvalue weighted by Gasteiger charge is -2.30. The highest BCUT2D eigenvalue weighted by Crippen LogP contribution is 2.31. The number of fused-ring (bicyclic) bond motifs is 1. The van der Waals surface area contributed by atoms with Crippen LogP contribution in [0.4, 0.5) is 8.78 Å². The van der Waals surface area contributed by atoms with Crippen LogP contribution in [0, 0.1) is 11.6 Å². The number of sulfonamides is 1. The normalized spacial score (nSPS) is 16.7. The Labute approximate surface area is 159 Å². The zero-order valence-electron chi connectivity index (χ0n) is 14.1. The molecule has 0 amide bonds. The van der Waals surface area contributed by atoms with Crippen molar-refractivity contribution in [3.8, 4) is 5.19 Å². The van der Waals surface area contributed by atoms with Gasteiger partial charge in [0.25, 0.3) is 5.19 Å². The fraction of sp³-hybridized carbons (Fsp3) is 0.278. The van der Waals surface area contributed by atoms with Gasteiger partial charge in [0.15, 0.2) is 0 Å². The number of para-hydroxylation sites is 1. The molecule has 0 N–H and O–H groups in total. The van der Waals surface area contributed by atoms with Gasteiger partial charge in [0.1, 0.15) is 23.3 Å². The van der Waals surface area contributed by atoms with E-state index in [0.29, 0.717) is 35.8 Å². The molecule has 2 aromatic carbocycles. The van der Waals surface area contributed by atoms with Crippen LogP contribution in [0.3, 0.4) is 0 Å². The van der Waals surface area contributed by atoms with E-state index in [1.165, 1.54) is 33.8 Å². The molecule has 0 bridgehead atoms. The van der Waals surface area contributed by atoms with Crippen LogP contribution in [-0.2, 0) is 10.0 Å². The van der Waals surface area contributed by atoms with E-state index < -0.39 is 15.8 Å². The number of thiazole rings is 1. The van der Waals surface area contributed by atoms with Gasteiger partial charge < -0.3 is 4.74 Å². The van der Waals surface area contributed by atoms with Gasteiger partial charge in [-0.3, -0.25) is 0 Å². The van der Waals surface area contributed by atoms with Gasteiger partial charge in [-0.25, -0.2) is 17.2 Å². The van der Waals surface area contributed by atoms with Crippen molar-refractivity contribution < 1.29 is 21.9 Å². The predicted molar refractivity (Wildman–Crippen MR) is 98.4 cm³/mol. The predicted octanol–water partition coefficient (Wildman–Crippen LogP) is 3.81. The second kappa shape index (κ2) is 7.14. The van der Waals surface area contributed by atoms with Crippen LogP contribution in [0.5, 0.6) is 5.19 Å². The molecule has 27 heavy (non-hydrogen) atoms. The first-order chi connectivity index (χ1) is 12.9. The molecule has 1 aliphatic rings. The molecule has 0 atom stereocenters. The summed E-state index contributed by atoms with van der Waals surface area (Å²) in [5.41, 5.74) is 0.286. The summed E-state index contributed by atoms with van der Waals surface area (Å²) in [4.78, 5) is 4.26. The van der Waals surface area contributed by atoms with Crippen molar-refractivity contribution in [2.24, 2.45) is 0 Å². The topological polar surface area (TPSA) is 59.5 Å². The zero-order valence-corrected chi connectivity index (χ0v) is 15.8. The number of aromatic nitrogens is 1. The Kier molecular flexibility index (Phi) is 4.83. The third-order valence-corrected chi connectivity index (χ3v) is 7.29. The number of halogens is 2. The molecule has 1 fully saturated rings. The maximum atomic E-state index is 13.7. The highest BCUT2D eigenvalue weighted by molar-refractivity contribution is 7.89. The van der Waals surface area contributed by atoms with Crippen molar-refractivity contribution in [2.45, 2.75) is 23.8 Å². The highest BCUT2D eigenvalue weighted by atomic mass is 32.2. The lowest BCUT2D eigenvalue weighted by Crippen LogP contribution is -2.41. The molecule has 5 nitrogen and oxygen atoms in total. The number of benzene rings is 2. The van der Waals surface area contributed by atoms with E-state index in [4.69, 9.17) is 4.74 Å². The molecule has 1 saturated heterocycles. The first-order valence-corrected chi connectivity index (χ1v) is 10.7. The molecule has 0 radical (unpaired) electrons. The molecule has 9 heteroatoms. The molecule has 1 aromatic heterocycles. The van der Waals surface area contributed by atoms with Crippen LogP contribution < -0.4 is 4.74 Å². The van der Waals surface area contributed by atoms with Crippen LogP contribution in [0.25, 0.3) is 10.2 Å². The highest BCUT2D eigenvalue weighted by Gasteiger charge is 2.30. The van der Waals surface area contributed by atoms with Gasteiger partial charge in [-0.05, 0) is 49.2 Å². The molecular formula is C18H16F2N2O3S2. The molecule has 142 valence electrons. The first-order valence-electron chi connectivity index (χ1n) is 8.41. The average molecular weight is 410 g/mol. The summed E-state index contributed by atoms with van der Waals surface area (Å²) >= 11 is 1.27. The van der Waals surface area contributed by atoms with Gasteiger partial charge >= 0.3 is 0 Å². The monoisotopic (exact) mass is 410 g/mol. The van der Waals surface area contributed by atoms with Crippen molar-refractivity contribution >= 4 is 31.6 Å². The minimum absolute atomic E-state index is 0.0740. The SMILES string of the molecule is O=S(=O)(c1ccc(F)cc1)N1CCC(Oc2nc3c(F)cccc3s2)CC1. The van der Waals surface area contributed by atoms with E-state index in [1.807, 2.05) is 0 Å². The summed E-state index contributed by atoms with van der Waals surface area (Å²) in [5, 5.41) is 0.384. The van der Waals surface area contributed by atoms with Gasteiger partial charge in [-0.15, -0.1) is 0 Å². The summed E-state index contributed by atoms with van der Waals surface area (Å²) < 4.78 is 60.0. The van der Waals surface area contributed by atoms with E-state index >= 15 is 0 Å². The van der Waals surface area contributed by atoms with Crippen LogP contribution in [0.15, 0.2) is 47.4 Å². The van der Waals surface area contributed by atoms with Gasteiger partial charge in [-0.1, -0.05) is 17.4 Å². The second-order valence-electron chi connectivity index (χ2n) is 6.24. The van der Waals surface area contributed by atoms with E-state index in [9.17, 15) is 17.2 Å². The average Bonchev–Trinajstić information content (AvgIpc) is 3.06. The van der Waals surface area contributed by atoms with Crippen LogP contribution >= 0.6 is 11.3 Å². The van der Waals surface area contributed by atoms with E-state index in [0.717, 1.165) is 12.1 Å². The van der Waals surface area contributed by atoms with Gasteiger partial charge in [-0.2, -0.15) is 9.29 Å². The van der Waals surface area contributed by atoms with Crippen LogP contribution in [0.2, 0.25) is 0 Å². The molecule has 3 aromatic rings. The quantitative estimate of drug-likeness (QED) is 0.656. The third-order valence-electron chi connectivity index (χ3n) is 4.47. The van der Waals surface area contributed by atoms with E-state index in [2.05, 4.69) is 4.98 Å². The molecule has 4 rings (SSSR count). The number of hydrogen-bond acceptors (Lipinski definition) is 5. The summed E-state index contributed by atoms with van der Waals surface area (Å²) in [6.45, 7) is 0.591. The number of piperidine rings is 1. The number of hydrogen-bond donors (Lipinski definition) is 0.